The number of rotatable bonds is 5. The fourth-order valence-electron chi connectivity index (χ4n) is 9.69. The lowest BCUT2D eigenvalue weighted by molar-refractivity contribution is 0.660. The van der Waals surface area contributed by atoms with Crippen molar-refractivity contribution >= 4 is 81.3 Å². The van der Waals surface area contributed by atoms with E-state index < -0.39 is 0 Å². The van der Waals surface area contributed by atoms with Crippen molar-refractivity contribution < 1.29 is 4.42 Å². The molecule has 0 spiro atoms. The van der Waals surface area contributed by atoms with Gasteiger partial charge >= 0.3 is 0 Å². The van der Waals surface area contributed by atoms with Crippen LogP contribution in [-0.4, -0.2) is 0 Å². The van der Waals surface area contributed by atoms with E-state index >= 15 is 0 Å². The van der Waals surface area contributed by atoms with Crippen molar-refractivity contribution in [2.24, 2.45) is 0 Å². The van der Waals surface area contributed by atoms with Crippen LogP contribution in [0.15, 0.2) is 192 Å². The molecule has 58 heavy (non-hydrogen) atoms. The fraction of sp³-hybridized carbons (Fsp3) is 0.0545. The van der Waals surface area contributed by atoms with Crippen LogP contribution in [0.1, 0.15) is 25.0 Å². The highest BCUT2D eigenvalue weighted by Crippen LogP contribution is 2.52. The predicted octanol–water partition coefficient (Wildman–Crippen LogP) is 16.2. The van der Waals surface area contributed by atoms with Crippen LogP contribution in [-0.2, 0) is 5.41 Å². The Morgan fingerprint density at radius 1 is 0.448 bits per heavy atom. The monoisotopic (exact) mass is 759 g/mol. The van der Waals surface area contributed by atoms with E-state index in [1.807, 2.05) is 17.4 Å². The van der Waals surface area contributed by atoms with Gasteiger partial charge in [-0.3, -0.25) is 0 Å². The van der Waals surface area contributed by atoms with Gasteiger partial charge in [-0.05, 0) is 98.8 Å². The topological polar surface area (TPSA) is 16.4 Å². The van der Waals surface area contributed by atoms with Crippen molar-refractivity contribution in [3.05, 3.63) is 199 Å². The first kappa shape index (κ1) is 33.2. The van der Waals surface area contributed by atoms with Gasteiger partial charge in [-0.2, -0.15) is 0 Å². The van der Waals surface area contributed by atoms with E-state index in [2.05, 4.69) is 201 Å². The highest BCUT2D eigenvalue weighted by molar-refractivity contribution is 7.25. The van der Waals surface area contributed by atoms with Gasteiger partial charge in [-0.25, -0.2) is 0 Å². The molecule has 0 atom stereocenters. The minimum Gasteiger partial charge on any atom is -0.455 e. The molecule has 0 radical (unpaired) electrons. The van der Waals surface area contributed by atoms with Crippen LogP contribution in [0.25, 0.3) is 86.3 Å². The standard InChI is InChI=1S/C55H37NOS/c1-55(2)47-22-8-5-17-41(47)45-33-38(27-28-48(45)55)56(37-15-11-14-35(31-37)40-20-12-21-44-42-18-6-9-23-50(42)57-54(40)44)49-29-25-34-13-3-4-16-39(34)53(49)36-26-30-52-46(32-36)43-19-7-10-24-51(43)58-52/h3-33H,1-2H3. The van der Waals surface area contributed by atoms with Gasteiger partial charge in [0, 0.05) is 58.9 Å². The van der Waals surface area contributed by atoms with Gasteiger partial charge in [0.1, 0.15) is 11.2 Å². The summed E-state index contributed by atoms with van der Waals surface area (Å²) in [6, 6.07) is 69.1. The van der Waals surface area contributed by atoms with E-state index in [-0.39, 0.29) is 5.41 Å². The molecular weight excluding hydrogens is 723 g/mol. The van der Waals surface area contributed by atoms with Gasteiger partial charge < -0.3 is 9.32 Å². The molecular formula is C55H37NOS. The number of thiophene rings is 1. The summed E-state index contributed by atoms with van der Waals surface area (Å²) in [6.07, 6.45) is 0. The van der Waals surface area contributed by atoms with Crippen LogP contribution >= 0.6 is 11.3 Å². The van der Waals surface area contributed by atoms with E-state index in [4.69, 9.17) is 4.42 Å². The highest BCUT2D eigenvalue weighted by atomic mass is 32.1. The average molecular weight is 760 g/mol. The molecule has 2 nitrogen and oxygen atoms in total. The molecule has 0 bridgehead atoms. The summed E-state index contributed by atoms with van der Waals surface area (Å²) >= 11 is 1.86. The number of hydrogen-bond acceptors (Lipinski definition) is 3. The second-order valence-electron chi connectivity index (χ2n) is 16.1. The summed E-state index contributed by atoms with van der Waals surface area (Å²) in [4.78, 5) is 2.48. The molecule has 0 saturated heterocycles. The van der Waals surface area contributed by atoms with Gasteiger partial charge in [0.05, 0.1) is 5.69 Å². The second-order valence-corrected chi connectivity index (χ2v) is 17.1. The Kier molecular flexibility index (Phi) is 7.18. The first-order chi connectivity index (χ1) is 28.5. The first-order valence-corrected chi connectivity index (χ1v) is 20.8. The number of hydrogen-bond donors (Lipinski definition) is 0. The van der Waals surface area contributed by atoms with Gasteiger partial charge in [-0.15, -0.1) is 11.3 Å². The van der Waals surface area contributed by atoms with Crippen molar-refractivity contribution in [1.82, 2.24) is 0 Å². The lowest BCUT2D eigenvalue weighted by atomic mass is 9.82. The van der Waals surface area contributed by atoms with E-state index in [1.165, 1.54) is 64.3 Å². The molecule has 9 aromatic carbocycles. The van der Waals surface area contributed by atoms with E-state index in [1.54, 1.807) is 0 Å². The number of furan rings is 1. The Morgan fingerprint density at radius 2 is 1.16 bits per heavy atom. The summed E-state index contributed by atoms with van der Waals surface area (Å²) in [5, 5.41) is 7.29. The quantitative estimate of drug-likeness (QED) is 0.174. The highest BCUT2D eigenvalue weighted by Gasteiger charge is 2.36. The molecule has 0 fully saturated rings. The van der Waals surface area contributed by atoms with Crippen molar-refractivity contribution in [3.8, 4) is 33.4 Å². The smallest absolute Gasteiger partial charge is 0.143 e. The molecule has 3 heteroatoms. The Morgan fingerprint density at radius 3 is 2.09 bits per heavy atom. The molecule has 274 valence electrons. The Labute approximate surface area is 340 Å². The fourth-order valence-corrected chi connectivity index (χ4v) is 10.8. The van der Waals surface area contributed by atoms with Gasteiger partial charge in [-0.1, -0.05) is 147 Å². The third kappa shape index (κ3) is 4.90. The molecule has 11 aromatic rings. The van der Waals surface area contributed by atoms with Crippen LogP contribution in [0.4, 0.5) is 17.1 Å². The largest absolute Gasteiger partial charge is 0.455 e. The normalized spacial score (nSPS) is 13.1. The summed E-state index contributed by atoms with van der Waals surface area (Å²) in [7, 11) is 0. The number of benzene rings is 9. The Hall–Kier alpha value is -6.94. The maximum Gasteiger partial charge on any atom is 0.143 e. The summed E-state index contributed by atoms with van der Waals surface area (Å²) in [5.41, 5.74) is 15.0. The molecule has 12 rings (SSSR count). The third-order valence-electron chi connectivity index (χ3n) is 12.5. The van der Waals surface area contributed by atoms with E-state index in [0.717, 1.165) is 50.1 Å². The zero-order chi connectivity index (χ0) is 38.5. The zero-order valence-corrected chi connectivity index (χ0v) is 33.0. The molecule has 0 amide bonds. The van der Waals surface area contributed by atoms with E-state index in [0.29, 0.717) is 0 Å². The lowest BCUT2D eigenvalue weighted by Crippen LogP contribution is -2.15. The maximum atomic E-state index is 6.58. The van der Waals surface area contributed by atoms with Gasteiger partial charge in [0.15, 0.2) is 0 Å². The molecule has 0 N–H and O–H groups in total. The van der Waals surface area contributed by atoms with E-state index in [9.17, 15) is 0 Å². The summed E-state index contributed by atoms with van der Waals surface area (Å²) in [6.45, 7) is 4.70. The maximum absolute atomic E-state index is 6.58. The van der Waals surface area contributed by atoms with Crippen molar-refractivity contribution in [1.29, 1.82) is 0 Å². The lowest BCUT2D eigenvalue weighted by Gasteiger charge is -2.30. The van der Waals surface area contributed by atoms with Crippen LogP contribution < -0.4 is 4.90 Å². The zero-order valence-electron chi connectivity index (χ0n) is 32.2. The second kappa shape index (κ2) is 12.5. The minimum atomic E-state index is -0.0900. The summed E-state index contributed by atoms with van der Waals surface area (Å²) < 4.78 is 9.20. The van der Waals surface area contributed by atoms with Crippen molar-refractivity contribution in [2.75, 3.05) is 4.90 Å². The van der Waals surface area contributed by atoms with Crippen LogP contribution in [0.2, 0.25) is 0 Å². The number of fused-ring (bicyclic) bond motifs is 10. The third-order valence-corrected chi connectivity index (χ3v) is 13.6. The molecule has 2 aromatic heterocycles. The predicted molar refractivity (Wildman–Crippen MR) is 247 cm³/mol. The molecule has 0 saturated carbocycles. The molecule has 0 unspecified atom stereocenters. The van der Waals surface area contributed by atoms with Gasteiger partial charge in [0.2, 0.25) is 0 Å². The van der Waals surface area contributed by atoms with Gasteiger partial charge in [0.25, 0.3) is 0 Å². The first-order valence-electron chi connectivity index (χ1n) is 20.0. The molecule has 2 heterocycles. The minimum absolute atomic E-state index is 0.0900. The van der Waals surface area contributed by atoms with Crippen molar-refractivity contribution in [2.45, 2.75) is 19.3 Å². The molecule has 0 aliphatic heterocycles. The molecule has 1 aliphatic rings. The van der Waals surface area contributed by atoms with Crippen LogP contribution in [0.3, 0.4) is 0 Å². The Balaban J connectivity index is 1.13. The van der Waals surface area contributed by atoms with Crippen molar-refractivity contribution in [3.63, 3.8) is 0 Å². The average Bonchev–Trinajstić information content (AvgIpc) is 3.91. The number of nitrogens with zero attached hydrogens (tertiary/aromatic N) is 1. The summed E-state index contributed by atoms with van der Waals surface area (Å²) in [5.74, 6) is 0. The Bertz CT molecular complexity index is 3460. The SMILES string of the molecule is CC1(C)c2ccccc2-c2cc(N(c3cccc(-c4cccc5c4oc4ccccc45)c3)c3ccc4ccccc4c3-c3ccc4sc5ccccc5c4c3)ccc21. The molecule has 1 aliphatic carbocycles. The number of anilines is 3. The van der Waals surface area contributed by atoms with Crippen LogP contribution in [0.5, 0.6) is 0 Å². The number of para-hydroxylation sites is 2. The van der Waals surface area contributed by atoms with Crippen LogP contribution in [0, 0.1) is 0 Å².